The predicted octanol–water partition coefficient (Wildman–Crippen LogP) is 0.518. The maximum Gasteiger partial charge on any atom is 0.251 e. The van der Waals surface area contributed by atoms with Crippen molar-refractivity contribution in [1.82, 2.24) is 16.1 Å². The minimum absolute atomic E-state index is 0. The third kappa shape index (κ3) is 13.4. The lowest BCUT2D eigenvalue weighted by atomic mass is 10.1. The first-order valence-corrected chi connectivity index (χ1v) is 7.24. The Kier molecular flexibility index (Phi) is 14.8. The highest BCUT2D eigenvalue weighted by Gasteiger charge is 2.12. The molecule has 0 aromatic heterocycles. The lowest BCUT2D eigenvalue weighted by Crippen LogP contribution is -2.42. The number of halogens is 1. The second-order valence-corrected chi connectivity index (χ2v) is 4.77. The number of unbranched alkanes of at least 4 members (excludes halogenated alkanes) is 3. The Morgan fingerprint density at radius 2 is 1.86 bits per heavy atom. The molecule has 1 atom stereocenters. The van der Waals surface area contributed by atoms with E-state index in [9.17, 15) is 14.9 Å². The van der Waals surface area contributed by atoms with Crippen LogP contribution >= 0.6 is 12.4 Å². The maximum absolute atomic E-state index is 11.6. The fourth-order valence-corrected chi connectivity index (χ4v) is 1.69. The second kappa shape index (κ2) is 14.3. The van der Waals surface area contributed by atoms with Crippen molar-refractivity contribution < 1.29 is 9.83 Å². The third-order valence-electron chi connectivity index (χ3n) is 2.86. The van der Waals surface area contributed by atoms with E-state index < -0.39 is 11.1 Å². The molecule has 0 heterocycles. The first kappa shape index (κ1) is 22.7. The second-order valence-electron chi connectivity index (χ2n) is 4.77. The summed E-state index contributed by atoms with van der Waals surface area (Å²) >= 11 is 0. The van der Waals surface area contributed by atoms with Gasteiger partial charge in [0, 0.05) is 13.1 Å². The number of amides is 1. The molecule has 0 spiro atoms. The standard InChI is InChI=1S/C12H26N6O3.ClH/c1-2-3-4-5-8-15-11(19)10(13)7-6-9-16-12(14)17-18(20)21;/h10H,2-9,13H2,1H3,(H,15,19)(H3,14,16,17);1H/t10-;/m0./s1. The van der Waals surface area contributed by atoms with Gasteiger partial charge in [0.2, 0.25) is 5.91 Å². The highest BCUT2D eigenvalue weighted by Crippen LogP contribution is 1.98. The molecule has 0 aromatic rings. The van der Waals surface area contributed by atoms with Crippen LogP contribution < -0.4 is 21.8 Å². The molecular weight excluding hydrogens is 312 g/mol. The molecule has 0 saturated carbocycles. The summed E-state index contributed by atoms with van der Waals surface area (Å²) in [5.74, 6) is -0.557. The van der Waals surface area contributed by atoms with Crippen molar-refractivity contribution in [3.8, 4) is 0 Å². The van der Waals surface area contributed by atoms with Crippen LogP contribution in [-0.2, 0) is 4.79 Å². The molecule has 0 unspecified atom stereocenters. The van der Waals surface area contributed by atoms with E-state index >= 15 is 0 Å². The van der Waals surface area contributed by atoms with Crippen molar-refractivity contribution >= 4 is 24.3 Å². The van der Waals surface area contributed by atoms with E-state index in [-0.39, 0.29) is 24.3 Å². The van der Waals surface area contributed by atoms with E-state index in [1.54, 1.807) is 5.43 Å². The van der Waals surface area contributed by atoms with Crippen LogP contribution in [-0.4, -0.2) is 36.0 Å². The number of carbonyl (C=O) groups is 1. The molecule has 0 aliphatic rings. The number of nitrogens with zero attached hydrogens (tertiary/aromatic N) is 1. The van der Waals surface area contributed by atoms with E-state index in [0.29, 0.717) is 25.9 Å². The average molecular weight is 339 g/mol. The predicted molar refractivity (Wildman–Crippen MR) is 87.5 cm³/mol. The Labute approximate surface area is 136 Å². The molecular formula is C12H27ClN6O3. The van der Waals surface area contributed by atoms with Crippen LogP contribution in [0.1, 0.15) is 45.4 Å². The molecule has 6 N–H and O–H groups in total. The summed E-state index contributed by atoms with van der Waals surface area (Å²) in [6.45, 7) is 3.11. The van der Waals surface area contributed by atoms with Gasteiger partial charge in [-0.25, -0.2) is 10.1 Å². The minimum atomic E-state index is -0.812. The summed E-state index contributed by atoms with van der Waals surface area (Å²) in [4.78, 5) is 21.7. The maximum atomic E-state index is 11.6. The number of rotatable bonds is 11. The van der Waals surface area contributed by atoms with Gasteiger partial charge in [-0.2, -0.15) is 0 Å². The van der Waals surface area contributed by atoms with Crippen LogP contribution in [0, 0.1) is 15.5 Å². The van der Waals surface area contributed by atoms with Crippen molar-refractivity contribution in [2.75, 3.05) is 13.1 Å². The lowest BCUT2D eigenvalue weighted by Gasteiger charge is -2.12. The minimum Gasteiger partial charge on any atom is -0.355 e. The molecule has 130 valence electrons. The van der Waals surface area contributed by atoms with E-state index in [0.717, 1.165) is 25.7 Å². The number of nitrogens with two attached hydrogens (primary N) is 1. The summed E-state index contributed by atoms with van der Waals surface area (Å²) in [6, 6.07) is -0.587. The summed E-state index contributed by atoms with van der Waals surface area (Å²) in [6.07, 6.45) is 5.38. The number of nitrogens with one attached hydrogen (secondary N) is 4. The zero-order chi connectivity index (χ0) is 16.1. The van der Waals surface area contributed by atoms with Crippen LogP contribution in [0.15, 0.2) is 0 Å². The van der Waals surface area contributed by atoms with Gasteiger partial charge in [-0.3, -0.25) is 10.2 Å². The smallest absolute Gasteiger partial charge is 0.251 e. The van der Waals surface area contributed by atoms with Gasteiger partial charge in [0.25, 0.3) is 5.96 Å². The van der Waals surface area contributed by atoms with Crippen LogP contribution in [0.25, 0.3) is 0 Å². The van der Waals surface area contributed by atoms with Gasteiger partial charge in [-0.1, -0.05) is 31.6 Å². The normalized spacial score (nSPS) is 11.0. The molecule has 0 aliphatic carbocycles. The van der Waals surface area contributed by atoms with Gasteiger partial charge < -0.3 is 16.4 Å². The molecule has 0 fully saturated rings. The van der Waals surface area contributed by atoms with E-state index in [1.165, 1.54) is 0 Å². The Morgan fingerprint density at radius 1 is 1.23 bits per heavy atom. The average Bonchev–Trinajstić information content (AvgIpc) is 2.42. The molecule has 0 saturated heterocycles. The number of carbonyl (C=O) groups excluding carboxylic acids is 1. The fraction of sp³-hybridized carbons (Fsp3) is 0.833. The monoisotopic (exact) mass is 338 g/mol. The molecule has 0 radical (unpaired) electrons. The van der Waals surface area contributed by atoms with Gasteiger partial charge in [0.1, 0.15) is 0 Å². The molecule has 0 aliphatic heterocycles. The van der Waals surface area contributed by atoms with Crippen LogP contribution in [0.3, 0.4) is 0 Å². The highest BCUT2D eigenvalue weighted by atomic mass is 35.5. The van der Waals surface area contributed by atoms with Gasteiger partial charge in [0.15, 0.2) is 5.03 Å². The van der Waals surface area contributed by atoms with Gasteiger partial charge in [-0.15, -0.1) is 12.4 Å². The topological polar surface area (TPSA) is 146 Å². The fourth-order valence-electron chi connectivity index (χ4n) is 1.69. The van der Waals surface area contributed by atoms with Gasteiger partial charge >= 0.3 is 0 Å². The number of guanidine groups is 1. The van der Waals surface area contributed by atoms with E-state index in [2.05, 4.69) is 17.6 Å². The lowest BCUT2D eigenvalue weighted by molar-refractivity contribution is -0.525. The highest BCUT2D eigenvalue weighted by molar-refractivity contribution is 5.85. The van der Waals surface area contributed by atoms with E-state index in [4.69, 9.17) is 11.1 Å². The quantitative estimate of drug-likeness (QED) is 0.122. The first-order chi connectivity index (χ1) is 9.97. The van der Waals surface area contributed by atoms with Crippen LogP contribution in [0.4, 0.5) is 0 Å². The van der Waals surface area contributed by atoms with Crippen molar-refractivity contribution in [3.63, 3.8) is 0 Å². The van der Waals surface area contributed by atoms with Gasteiger partial charge in [-0.05, 0) is 19.3 Å². The number of hydrogen-bond acceptors (Lipinski definition) is 5. The molecule has 22 heavy (non-hydrogen) atoms. The van der Waals surface area contributed by atoms with Gasteiger partial charge in [0.05, 0.1) is 6.04 Å². The molecule has 0 bridgehead atoms. The number of hydrazine groups is 1. The van der Waals surface area contributed by atoms with Crippen LogP contribution in [0.5, 0.6) is 0 Å². The summed E-state index contributed by atoms with van der Waals surface area (Å²) in [7, 11) is 0. The molecule has 1 amide bonds. The largest absolute Gasteiger partial charge is 0.355 e. The molecule has 10 heteroatoms. The Hall–Kier alpha value is -1.61. The molecule has 0 aromatic carbocycles. The first-order valence-electron chi connectivity index (χ1n) is 7.24. The SMILES string of the molecule is CCCCCCNC(=O)[C@@H](N)CCCNC(=N)N[N+](=O)[O-].Cl. The third-order valence-corrected chi connectivity index (χ3v) is 2.86. The summed E-state index contributed by atoms with van der Waals surface area (Å²) in [5.41, 5.74) is 7.42. The molecule has 9 nitrogen and oxygen atoms in total. The van der Waals surface area contributed by atoms with Crippen LogP contribution in [0.2, 0.25) is 0 Å². The zero-order valence-electron chi connectivity index (χ0n) is 12.9. The van der Waals surface area contributed by atoms with Crippen molar-refractivity contribution in [2.45, 2.75) is 51.5 Å². The van der Waals surface area contributed by atoms with Crippen molar-refractivity contribution in [2.24, 2.45) is 5.73 Å². The van der Waals surface area contributed by atoms with Crippen molar-refractivity contribution in [3.05, 3.63) is 10.1 Å². The van der Waals surface area contributed by atoms with E-state index in [1.807, 2.05) is 0 Å². The Morgan fingerprint density at radius 3 is 2.45 bits per heavy atom. The number of hydrogen-bond donors (Lipinski definition) is 5. The Bertz CT molecular complexity index is 343. The zero-order valence-corrected chi connectivity index (χ0v) is 13.7. The summed E-state index contributed by atoms with van der Waals surface area (Å²) in [5, 5.41) is 21.7. The summed E-state index contributed by atoms with van der Waals surface area (Å²) < 4.78 is 0. The Balaban J connectivity index is 0. The molecule has 0 rings (SSSR count). The van der Waals surface area contributed by atoms with Crippen molar-refractivity contribution in [1.29, 1.82) is 5.41 Å². The number of nitro groups is 1.